The molecule has 0 aliphatic carbocycles. The number of thiophene rings is 1. The van der Waals surface area contributed by atoms with Gasteiger partial charge in [0.15, 0.2) is 5.78 Å². The number of aromatic nitrogens is 2. The minimum absolute atomic E-state index is 0.0213. The van der Waals surface area contributed by atoms with Crippen molar-refractivity contribution in [2.75, 3.05) is 11.9 Å². The van der Waals surface area contributed by atoms with Crippen molar-refractivity contribution < 1.29 is 19.1 Å². The summed E-state index contributed by atoms with van der Waals surface area (Å²) in [5.74, 6) is -1.04. The minimum Gasteiger partial charge on any atom is -0.462 e. The topological polar surface area (TPSA) is 90.3 Å². The molecule has 2 rings (SSSR count). The maximum absolute atomic E-state index is 12.3. The number of amides is 1. The van der Waals surface area contributed by atoms with Crippen LogP contribution in [0.5, 0.6) is 0 Å². The summed E-state index contributed by atoms with van der Waals surface area (Å²) in [6, 6.07) is 1.79. The molecule has 0 fully saturated rings. The van der Waals surface area contributed by atoms with Crippen LogP contribution >= 0.6 is 11.3 Å². The summed E-state index contributed by atoms with van der Waals surface area (Å²) in [7, 11) is 0. The number of rotatable bonds is 6. The average molecular weight is 349 g/mol. The highest BCUT2D eigenvalue weighted by Gasteiger charge is 2.25. The molecule has 24 heavy (non-hydrogen) atoms. The third-order valence-electron chi connectivity index (χ3n) is 3.42. The summed E-state index contributed by atoms with van der Waals surface area (Å²) in [5, 5.41) is 7.07. The Morgan fingerprint density at radius 2 is 2.04 bits per heavy atom. The van der Waals surface area contributed by atoms with Gasteiger partial charge in [0.2, 0.25) is 5.91 Å². The Morgan fingerprint density at radius 3 is 2.58 bits per heavy atom. The Labute approximate surface area is 143 Å². The van der Waals surface area contributed by atoms with Crippen LogP contribution in [0.1, 0.15) is 45.1 Å². The molecule has 0 radical (unpaired) electrons. The Bertz CT molecular complexity index is 791. The van der Waals surface area contributed by atoms with Crippen LogP contribution in [0.4, 0.5) is 5.00 Å². The van der Waals surface area contributed by atoms with E-state index in [1.165, 1.54) is 6.92 Å². The van der Waals surface area contributed by atoms with Gasteiger partial charge in [0, 0.05) is 11.9 Å². The molecule has 128 valence electrons. The second-order valence-electron chi connectivity index (χ2n) is 5.22. The number of Topliss-reactive ketones (excluding diaryl/α,β-unsaturated/α-hetero) is 1. The summed E-state index contributed by atoms with van der Waals surface area (Å²) in [5.41, 5.74) is 1.61. The van der Waals surface area contributed by atoms with E-state index in [1.807, 2.05) is 6.92 Å². The van der Waals surface area contributed by atoms with E-state index >= 15 is 0 Å². The second kappa shape index (κ2) is 7.39. The van der Waals surface area contributed by atoms with Crippen molar-refractivity contribution in [3.05, 3.63) is 34.0 Å². The standard InChI is InChI=1S/C16H19N3O4S/c1-5-23-16(22)13-10(3)14(11(4)20)24-15(13)18-12(21)8-19-9(2)6-7-17-19/h6-7H,5,8H2,1-4H3,(H,18,21). The van der Waals surface area contributed by atoms with Crippen LogP contribution < -0.4 is 5.32 Å². The third-order valence-corrected chi connectivity index (χ3v) is 4.73. The van der Waals surface area contributed by atoms with E-state index in [4.69, 9.17) is 4.74 Å². The fourth-order valence-corrected chi connectivity index (χ4v) is 3.36. The number of hydrogen-bond acceptors (Lipinski definition) is 6. The van der Waals surface area contributed by atoms with E-state index in [9.17, 15) is 14.4 Å². The lowest BCUT2D eigenvalue weighted by Gasteiger charge is -2.08. The van der Waals surface area contributed by atoms with Crippen molar-refractivity contribution in [2.24, 2.45) is 0 Å². The molecule has 0 spiro atoms. The fraction of sp³-hybridized carbons (Fsp3) is 0.375. The van der Waals surface area contributed by atoms with Gasteiger partial charge in [0.25, 0.3) is 0 Å². The molecule has 2 aromatic heterocycles. The Balaban J connectivity index is 2.29. The van der Waals surface area contributed by atoms with Crippen molar-refractivity contribution >= 4 is 34.0 Å². The smallest absolute Gasteiger partial charge is 0.341 e. The Hall–Kier alpha value is -2.48. The summed E-state index contributed by atoms with van der Waals surface area (Å²) < 4.78 is 6.58. The van der Waals surface area contributed by atoms with Crippen LogP contribution in [0, 0.1) is 13.8 Å². The molecule has 1 amide bonds. The van der Waals surface area contributed by atoms with Gasteiger partial charge in [0.05, 0.1) is 17.0 Å². The van der Waals surface area contributed by atoms with Gasteiger partial charge in [-0.3, -0.25) is 14.3 Å². The van der Waals surface area contributed by atoms with Gasteiger partial charge in [-0.1, -0.05) is 0 Å². The highest BCUT2D eigenvalue weighted by Crippen LogP contribution is 2.34. The van der Waals surface area contributed by atoms with Gasteiger partial charge in [-0.15, -0.1) is 11.3 Å². The van der Waals surface area contributed by atoms with Crippen molar-refractivity contribution in [3.63, 3.8) is 0 Å². The molecule has 0 aliphatic heterocycles. The molecule has 0 atom stereocenters. The van der Waals surface area contributed by atoms with Crippen molar-refractivity contribution in [2.45, 2.75) is 34.2 Å². The Morgan fingerprint density at radius 1 is 1.33 bits per heavy atom. The Kier molecular flexibility index (Phi) is 5.50. The number of nitrogens with one attached hydrogen (secondary N) is 1. The molecule has 0 saturated carbocycles. The van der Waals surface area contributed by atoms with E-state index < -0.39 is 5.97 Å². The zero-order valence-electron chi connectivity index (χ0n) is 14.0. The molecule has 0 aliphatic rings. The average Bonchev–Trinajstić information content (AvgIpc) is 3.03. The van der Waals surface area contributed by atoms with E-state index in [2.05, 4.69) is 10.4 Å². The lowest BCUT2D eigenvalue weighted by Crippen LogP contribution is -2.21. The molecule has 8 heteroatoms. The number of carbonyl (C=O) groups excluding carboxylic acids is 3. The second-order valence-corrected chi connectivity index (χ2v) is 6.24. The number of carbonyl (C=O) groups is 3. The van der Waals surface area contributed by atoms with E-state index in [0.29, 0.717) is 15.4 Å². The SMILES string of the molecule is CCOC(=O)c1c(NC(=O)Cn2nccc2C)sc(C(C)=O)c1C. The van der Waals surface area contributed by atoms with E-state index in [1.54, 1.807) is 30.8 Å². The van der Waals surface area contributed by atoms with Gasteiger partial charge >= 0.3 is 5.97 Å². The summed E-state index contributed by atoms with van der Waals surface area (Å²) in [4.78, 5) is 36.6. The molecule has 0 saturated heterocycles. The van der Waals surface area contributed by atoms with Crippen molar-refractivity contribution in [1.82, 2.24) is 9.78 Å². The molecule has 0 unspecified atom stereocenters. The van der Waals surface area contributed by atoms with Crippen LogP contribution in [0.15, 0.2) is 12.3 Å². The normalized spacial score (nSPS) is 10.5. The molecule has 0 aromatic carbocycles. The van der Waals surface area contributed by atoms with E-state index in [-0.39, 0.29) is 30.4 Å². The number of ether oxygens (including phenoxy) is 1. The first-order chi connectivity index (χ1) is 11.3. The van der Waals surface area contributed by atoms with E-state index in [0.717, 1.165) is 17.0 Å². The maximum Gasteiger partial charge on any atom is 0.341 e. The first-order valence-corrected chi connectivity index (χ1v) is 8.26. The maximum atomic E-state index is 12.3. The quantitative estimate of drug-likeness (QED) is 0.639. The first-order valence-electron chi connectivity index (χ1n) is 7.44. The molecule has 2 aromatic rings. The zero-order chi connectivity index (χ0) is 17.9. The fourth-order valence-electron chi connectivity index (χ4n) is 2.25. The van der Waals surface area contributed by atoms with Crippen LogP contribution in [-0.2, 0) is 16.1 Å². The highest BCUT2D eigenvalue weighted by atomic mass is 32.1. The molecule has 2 heterocycles. The number of aryl methyl sites for hydroxylation is 1. The lowest BCUT2D eigenvalue weighted by molar-refractivity contribution is -0.116. The molecule has 0 bridgehead atoms. The summed E-state index contributed by atoms with van der Waals surface area (Å²) >= 11 is 1.08. The summed E-state index contributed by atoms with van der Waals surface area (Å²) in [6.07, 6.45) is 1.61. The number of anilines is 1. The number of nitrogens with zero attached hydrogens (tertiary/aromatic N) is 2. The molecular weight excluding hydrogens is 330 g/mol. The third kappa shape index (κ3) is 3.70. The number of hydrogen-bond donors (Lipinski definition) is 1. The molecule has 1 N–H and O–H groups in total. The number of esters is 1. The highest BCUT2D eigenvalue weighted by molar-refractivity contribution is 7.18. The van der Waals surface area contributed by atoms with Crippen LogP contribution in [0.25, 0.3) is 0 Å². The zero-order valence-corrected chi connectivity index (χ0v) is 14.8. The first kappa shape index (κ1) is 17.9. The van der Waals surface area contributed by atoms with Crippen LogP contribution in [0.3, 0.4) is 0 Å². The number of ketones is 1. The van der Waals surface area contributed by atoms with Crippen LogP contribution in [-0.4, -0.2) is 34.0 Å². The van der Waals surface area contributed by atoms with Crippen molar-refractivity contribution in [1.29, 1.82) is 0 Å². The van der Waals surface area contributed by atoms with Gasteiger partial charge in [-0.05, 0) is 39.3 Å². The molecule has 7 nitrogen and oxygen atoms in total. The predicted octanol–water partition coefficient (Wildman–Crippen LogP) is 2.58. The van der Waals surface area contributed by atoms with Crippen LogP contribution in [0.2, 0.25) is 0 Å². The van der Waals surface area contributed by atoms with Gasteiger partial charge in [-0.25, -0.2) is 4.79 Å². The minimum atomic E-state index is -0.552. The predicted molar refractivity (Wildman–Crippen MR) is 90.6 cm³/mol. The molecular formula is C16H19N3O4S. The largest absolute Gasteiger partial charge is 0.462 e. The van der Waals surface area contributed by atoms with Gasteiger partial charge in [-0.2, -0.15) is 5.10 Å². The monoisotopic (exact) mass is 349 g/mol. The van der Waals surface area contributed by atoms with Gasteiger partial charge < -0.3 is 10.1 Å². The van der Waals surface area contributed by atoms with Crippen molar-refractivity contribution in [3.8, 4) is 0 Å². The summed E-state index contributed by atoms with van der Waals surface area (Å²) in [6.45, 7) is 6.87. The lowest BCUT2D eigenvalue weighted by atomic mass is 10.1. The van der Waals surface area contributed by atoms with Gasteiger partial charge in [0.1, 0.15) is 11.5 Å².